The number of nitrogens with two attached hydrogens (primary N) is 1. The second-order valence-corrected chi connectivity index (χ2v) is 5.06. The van der Waals surface area contributed by atoms with E-state index in [4.69, 9.17) is 5.84 Å². The molecule has 1 heterocycles. The Bertz CT molecular complexity index is 236. The monoisotopic (exact) mass is 255 g/mol. The molecule has 0 saturated carbocycles. The highest BCUT2D eigenvalue weighted by Gasteiger charge is 2.16. The molecule has 0 aromatic rings. The first-order valence-electron chi connectivity index (χ1n) is 7.27. The average Bonchev–Trinajstić information content (AvgIpc) is 2.43. The first-order chi connectivity index (χ1) is 8.77. The largest absolute Gasteiger partial charge is 0.355 e. The van der Waals surface area contributed by atoms with Crippen LogP contribution in [-0.4, -0.2) is 43.1 Å². The van der Waals surface area contributed by atoms with Gasteiger partial charge in [-0.25, -0.2) is 5.84 Å². The third kappa shape index (κ3) is 5.69. The van der Waals surface area contributed by atoms with Crippen LogP contribution in [-0.2, 0) is 0 Å². The summed E-state index contributed by atoms with van der Waals surface area (Å²) < 4.78 is 0. The second-order valence-electron chi connectivity index (χ2n) is 5.06. The van der Waals surface area contributed by atoms with Gasteiger partial charge < -0.3 is 5.32 Å². The fourth-order valence-electron chi connectivity index (χ4n) is 2.23. The summed E-state index contributed by atoms with van der Waals surface area (Å²) in [6.07, 6.45) is 6.34. The number of unbranched alkanes of at least 4 members (excludes halogenated alkanes) is 1. The number of nitrogens with one attached hydrogen (secondary N) is 2. The van der Waals surface area contributed by atoms with Crippen LogP contribution in [0.5, 0.6) is 0 Å². The van der Waals surface area contributed by atoms with Crippen molar-refractivity contribution in [3.05, 3.63) is 0 Å². The van der Waals surface area contributed by atoms with Crippen LogP contribution in [0.25, 0.3) is 0 Å². The number of hydrazine groups is 1. The quantitative estimate of drug-likeness (QED) is 0.218. The van der Waals surface area contributed by atoms with Gasteiger partial charge in [-0.1, -0.05) is 19.8 Å². The van der Waals surface area contributed by atoms with Crippen molar-refractivity contribution in [2.24, 2.45) is 10.8 Å². The van der Waals surface area contributed by atoms with E-state index in [-0.39, 0.29) is 0 Å². The minimum atomic E-state index is 0.502. The van der Waals surface area contributed by atoms with Crippen LogP contribution in [0, 0.1) is 0 Å². The van der Waals surface area contributed by atoms with Gasteiger partial charge in [-0.2, -0.15) is 0 Å². The third-order valence-corrected chi connectivity index (χ3v) is 3.49. The Morgan fingerprint density at radius 3 is 2.67 bits per heavy atom. The minimum Gasteiger partial charge on any atom is -0.355 e. The highest BCUT2D eigenvalue weighted by molar-refractivity contribution is 5.79. The lowest BCUT2D eigenvalue weighted by Crippen LogP contribution is -2.44. The van der Waals surface area contributed by atoms with Crippen LogP contribution in [0.1, 0.15) is 46.0 Å². The van der Waals surface area contributed by atoms with E-state index in [9.17, 15) is 0 Å². The SMILES string of the molecule is CCCCNC(=NCC(C)N1CCCCC1)NN. The molecule has 1 unspecified atom stereocenters. The summed E-state index contributed by atoms with van der Waals surface area (Å²) in [6.45, 7) is 8.58. The van der Waals surface area contributed by atoms with E-state index < -0.39 is 0 Å². The minimum absolute atomic E-state index is 0.502. The number of hydrogen-bond donors (Lipinski definition) is 3. The van der Waals surface area contributed by atoms with Crippen molar-refractivity contribution < 1.29 is 0 Å². The molecule has 0 aliphatic carbocycles. The zero-order valence-electron chi connectivity index (χ0n) is 11.9. The van der Waals surface area contributed by atoms with Gasteiger partial charge in [0.25, 0.3) is 0 Å². The average molecular weight is 255 g/mol. The molecule has 0 aromatic carbocycles. The van der Waals surface area contributed by atoms with Crippen molar-refractivity contribution in [2.45, 2.75) is 52.0 Å². The Morgan fingerprint density at radius 2 is 2.06 bits per heavy atom. The number of likely N-dealkylation sites (tertiary alicyclic amines) is 1. The number of hydrogen-bond acceptors (Lipinski definition) is 3. The van der Waals surface area contributed by atoms with Crippen LogP contribution in [0.4, 0.5) is 0 Å². The van der Waals surface area contributed by atoms with Gasteiger partial charge in [-0.05, 0) is 39.3 Å². The Balaban J connectivity index is 2.29. The molecule has 1 saturated heterocycles. The fourth-order valence-corrected chi connectivity index (χ4v) is 2.23. The standard InChI is InChI=1S/C13H29N5/c1-3-4-8-15-13(17-14)16-11-12(2)18-9-6-5-7-10-18/h12H,3-11,14H2,1-2H3,(H2,15,16,17). The van der Waals surface area contributed by atoms with Gasteiger partial charge in [0.1, 0.15) is 0 Å². The predicted octanol–water partition coefficient (Wildman–Crippen LogP) is 1.07. The van der Waals surface area contributed by atoms with Crippen LogP contribution in [0.3, 0.4) is 0 Å². The maximum atomic E-state index is 5.46. The van der Waals surface area contributed by atoms with Crippen LogP contribution < -0.4 is 16.6 Å². The van der Waals surface area contributed by atoms with Gasteiger partial charge in [0.2, 0.25) is 5.96 Å². The normalized spacial score (nSPS) is 19.6. The molecule has 1 fully saturated rings. The Morgan fingerprint density at radius 1 is 1.33 bits per heavy atom. The molecule has 18 heavy (non-hydrogen) atoms. The molecular weight excluding hydrogens is 226 g/mol. The molecule has 5 heteroatoms. The van der Waals surface area contributed by atoms with Crippen molar-refractivity contribution >= 4 is 5.96 Å². The maximum absolute atomic E-state index is 5.46. The zero-order chi connectivity index (χ0) is 13.2. The molecule has 4 N–H and O–H groups in total. The lowest BCUT2D eigenvalue weighted by molar-refractivity contribution is 0.178. The first-order valence-corrected chi connectivity index (χ1v) is 7.27. The van der Waals surface area contributed by atoms with Crippen molar-refractivity contribution in [1.82, 2.24) is 15.6 Å². The van der Waals surface area contributed by atoms with Crippen LogP contribution >= 0.6 is 0 Å². The molecular formula is C13H29N5. The van der Waals surface area contributed by atoms with E-state index in [2.05, 4.69) is 34.5 Å². The Kier molecular flexibility index (Phi) is 7.76. The first kappa shape index (κ1) is 15.2. The summed E-state index contributed by atoms with van der Waals surface area (Å²) >= 11 is 0. The molecule has 0 spiro atoms. The third-order valence-electron chi connectivity index (χ3n) is 3.49. The highest BCUT2D eigenvalue weighted by atomic mass is 15.3. The lowest BCUT2D eigenvalue weighted by Gasteiger charge is -2.31. The van der Waals surface area contributed by atoms with E-state index >= 15 is 0 Å². The molecule has 1 aliphatic heterocycles. The lowest BCUT2D eigenvalue weighted by atomic mass is 10.1. The summed E-state index contributed by atoms with van der Waals surface area (Å²) in [6, 6.07) is 0.502. The molecule has 0 aromatic heterocycles. The van der Waals surface area contributed by atoms with Crippen molar-refractivity contribution in [2.75, 3.05) is 26.2 Å². The smallest absolute Gasteiger partial charge is 0.205 e. The molecule has 5 nitrogen and oxygen atoms in total. The van der Waals surface area contributed by atoms with E-state index in [0.717, 1.165) is 19.5 Å². The summed E-state index contributed by atoms with van der Waals surface area (Å²) in [5.74, 6) is 6.18. The molecule has 0 amide bonds. The Labute approximate surface area is 111 Å². The second kappa shape index (κ2) is 9.16. The molecule has 1 aliphatic rings. The van der Waals surface area contributed by atoms with Gasteiger partial charge in [0.05, 0.1) is 6.54 Å². The van der Waals surface area contributed by atoms with Crippen molar-refractivity contribution in [3.8, 4) is 0 Å². The fraction of sp³-hybridized carbons (Fsp3) is 0.923. The van der Waals surface area contributed by atoms with Gasteiger partial charge in [-0.15, -0.1) is 0 Å². The summed E-state index contributed by atoms with van der Waals surface area (Å²) in [5.41, 5.74) is 2.64. The summed E-state index contributed by atoms with van der Waals surface area (Å²) in [7, 11) is 0. The number of nitrogens with zero attached hydrogens (tertiary/aromatic N) is 2. The maximum Gasteiger partial charge on any atom is 0.205 e. The van der Waals surface area contributed by atoms with Gasteiger partial charge in [0.15, 0.2) is 0 Å². The van der Waals surface area contributed by atoms with E-state index in [1.807, 2.05) is 0 Å². The zero-order valence-corrected chi connectivity index (χ0v) is 11.9. The molecule has 0 radical (unpaired) electrons. The van der Waals surface area contributed by atoms with Crippen LogP contribution in [0.2, 0.25) is 0 Å². The van der Waals surface area contributed by atoms with Gasteiger partial charge >= 0.3 is 0 Å². The summed E-state index contributed by atoms with van der Waals surface area (Å²) in [5, 5.41) is 3.22. The molecule has 0 bridgehead atoms. The van der Waals surface area contributed by atoms with E-state index in [1.165, 1.54) is 38.8 Å². The topological polar surface area (TPSA) is 65.7 Å². The number of guanidine groups is 1. The Hall–Kier alpha value is -0.810. The molecule has 106 valence electrons. The molecule has 1 atom stereocenters. The van der Waals surface area contributed by atoms with Gasteiger partial charge in [-0.3, -0.25) is 15.3 Å². The van der Waals surface area contributed by atoms with Gasteiger partial charge in [0, 0.05) is 12.6 Å². The van der Waals surface area contributed by atoms with Crippen LogP contribution in [0.15, 0.2) is 4.99 Å². The van der Waals surface area contributed by atoms with Crippen molar-refractivity contribution in [1.29, 1.82) is 0 Å². The highest BCUT2D eigenvalue weighted by Crippen LogP contribution is 2.11. The number of piperidine rings is 1. The van der Waals surface area contributed by atoms with E-state index in [0.29, 0.717) is 12.0 Å². The number of aliphatic imine (C=N–C) groups is 1. The summed E-state index contributed by atoms with van der Waals surface area (Å²) in [4.78, 5) is 7.04. The number of rotatable bonds is 6. The molecule has 1 rings (SSSR count). The van der Waals surface area contributed by atoms with E-state index in [1.54, 1.807) is 0 Å². The predicted molar refractivity (Wildman–Crippen MR) is 77.4 cm³/mol. The van der Waals surface area contributed by atoms with Crippen molar-refractivity contribution in [3.63, 3.8) is 0 Å².